The summed E-state index contributed by atoms with van der Waals surface area (Å²) in [6.07, 6.45) is 11.4. The highest BCUT2D eigenvalue weighted by Gasteiger charge is 2.61. The van der Waals surface area contributed by atoms with Gasteiger partial charge in [0.25, 0.3) is 5.91 Å². The minimum absolute atomic E-state index is 0.00981. The Morgan fingerprint density at radius 3 is 2.23 bits per heavy atom. The molecule has 0 aromatic rings. The number of nitrogens with one attached hydrogen (secondary N) is 4. The van der Waals surface area contributed by atoms with Gasteiger partial charge in [0.05, 0.1) is 6.04 Å². The van der Waals surface area contributed by atoms with Crippen molar-refractivity contribution in [2.24, 2.45) is 23.2 Å². The van der Waals surface area contributed by atoms with Crippen LogP contribution in [0.15, 0.2) is 0 Å². The van der Waals surface area contributed by atoms with Crippen molar-refractivity contribution in [1.29, 1.82) is 0 Å². The molecule has 11 nitrogen and oxygen atoms in total. The average Bonchev–Trinajstić information content (AvgIpc) is 3.77. The van der Waals surface area contributed by atoms with Gasteiger partial charge < -0.3 is 26.2 Å². The number of carbonyl (C=O) groups excluding carboxylic acids is 6. The Hall–Kier alpha value is -2.98. The standard InChI is InChI=1S/C32H49N5O6/c1-3-8-24(28(40)35-23(15-21-11-7-14-33-27(21)39)26(38)29(41)34-22-12-13-22)37(2)30(42)25(20-9-5-4-6-10-20)36-31(43)32-16-19(17-32)18-32/h19-25H,3-18H2,1-2H3,(H,33,39)(H,34,41)(H,35,40)(H,36,43)/t19?,21-,23-,24-,25+,32?/m0/s1. The van der Waals surface area contributed by atoms with Crippen molar-refractivity contribution >= 4 is 35.3 Å². The number of rotatable bonds is 14. The van der Waals surface area contributed by atoms with Gasteiger partial charge in [0.2, 0.25) is 29.4 Å². The van der Waals surface area contributed by atoms with Crippen LogP contribution < -0.4 is 21.3 Å². The Bertz CT molecular complexity index is 1100. The van der Waals surface area contributed by atoms with E-state index >= 15 is 0 Å². The molecule has 0 radical (unpaired) electrons. The average molecular weight is 600 g/mol. The number of Topliss-reactive ketones (excluding diaryl/α,β-unsaturated/α-hetero) is 1. The lowest BCUT2D eigenvalue weighted by Crippen LogP contribution is -2.65. The number of hydrogen-bond acceptors (Lipinski definition) is 6. The summed E-state index contributed by atoms with van der Waals surface area (Å²) < 4.78 is 0. The maximum Gasteiger partial charge on any atom is 0.289 e. The molecule has 1 saturated heterocycles. The van der Waals surface area contributed by atoms with E-state index in [1.54, 1.807) is 7.05 Å². The number of likely N-dealkylation sites (N-methyl/N-ethyl adjacent to an activating group) is 1. The highest BCUT2D eigenvalue weighted by molar-refractivity contribution is 6.38. The van der Waals surface area contributed by atoms with E-state index in [0.717, 1.165) is 70.6 Å². The maximum atomic E-state index is 14.1. The van der Waals surface area contributed by atoms with Crippen LogP contribution in [0.1, 0.15) is 103 Å². The normalized spacial score (nSPS) is 28.6. The number of hydrogen-bond donors (Lipinski definition) is 4. The van der Waals surface area contributed by atoms with Crippen molar-refractivity contribution in [2.45, 2.75) is 127 Å². The lowest BCUT2D eigenvalue weighted by molar-refractivity contribution is -0.168. The molecule has 0 spiro atoms. The zero-order valence-corrected chi connectivity index (χ0v) is 25.8. The van der Waals surface area contributed by atoms with Crippen molar-refractivity contribution in [3.63, 3.8) is 0 Å². The number of amides is 5. The van der Waals surface area contributed by atoms with Gasteiger partial charge in [-0.15, -0.1) is 0 Å². The van der Waals surface area contributed by atoms with Crippen molar-refractivity contribution < 1.29 is 28.8 Å². The van der Waals surface area contributed by atoms with E-state index in [0.29, 0.717) is 31.7 Å². The molecule has 2 bridgehead atoms. The zero-order chi connectivity index (χ0) is 30.7. The molecular weight excluding hydrogens is 550 g/mol. The first-order valence-electron chi connectivity index (χ1n) is 16.6. The number of carbonyl (C=O) groups is 6. The quantitative estimate of drug-likeness (QED) is 0.223. The van der Waals surface area contributed by atoms with Gasteiger partial charge in [0.1, 0.15) is 12.1 Å². The minimum atomic E-state index is -1.18. The summed E-state index contributed by atoms with van der Waals surface area (Å²) in [6.45, 7) is 2.48. The summed E-state index contributed by atoms with van der Waals surface area (Å²) in [4.78, 5) is 81.2. The van der Waals surface area contributed by atoms with Crippen LogP contribution in [0.25, 0.3) is 0 Å². The highest BCUT2D eigenvalue weighted by Crippen LogP contribution is 2.64. The highest BCUT2D eigenvalue weighted by atomic mass is 16.2. The maximum absolute atomic E-state index is 14.1. The van der Waals surface area contributed by atoms with Crippen LogP contribution in [0.3, 0.4) is 0 Å². The topological polar surface area (TPSA) is 154 Å². The molecule has 5 aliphatic carbocycles. The second kappa shape index (κ2) is 13.3. The number of nitrogens with zero attached hydrogens (tertiary/aromatic N) is 1. The van der Waals surface area contributed by atoms with Gasteiger partial charge >= 0.3 is 0 Å². The van der Waals surface area contributed by atoms with E-state index in [9.17, 15) is 28.8 Å². The smallest absolute Gasteiger partial charge is 0.289 e. The molecule has 6 aliphatic rings. The first-order chi connectivity index (χ1) is 20.6. The molecule has 5 amide bonds. The molecule has 11 heteroatoms. The van der Waals surface area contributed by atoms with Gasteiger partial charge in [-0.1, -0.05) is 32.6 Å². The lowest BCUT2D eigenvalue weighted by Gasteiger charge is -2.60. The fourth-order valence-corrected chi connectivity index (χ4v) is 7.53. The first-order valence-corrected chi connectivity index (χ1v) is 16.6. The summed E-state index contributed by atoms with van der Waals surface area (Å²) in [5.41, 5.74) is -0.323. The van der Waals surface area contributed by atoms with E-state index in [-0.39, 0.29) is 41.5 Å². The molecule has 0 aromatic heterocycles. The third-order valence-corrected chi connectivity index (χ3v) is 10.6. The molecule has 0 unspecified atom stereocenters. The Labute approximate surface area is 254 Å². The zero-order valence-electron chi connectivity index (χ0n) is 25.8. The van der Waals surface area contributed by atoms with Crippen molar-refractivity contribution in [1.82, 2.24) is 26.2 Å². The van der Waals surface area contributed by atoms with Gasteiger partial charge in [0.15, 0.2) is 0 Å². The van der Waals surface area contributed by atoms with Crippen LogP contribution in [0, 0.1) is 23.2 Å². The number of ketones is 1. The Kier molecular flexibility index (Phi) is 9.76. The molecule has 6 fully saturated rings. The predicted octanol–water partition coefficient (Wildman–Crippen LogP) is 1.73. The molecule has 5 saturated carbocycles. The molecule has 1 heterocycles. The van der Waals surface area contributed by atoms with E-state index in [4.69, 9.17) is 0 Å². The van der Waals surface area contributed by atoms with Gasteiger partial charge in [-0.2, -0.15) is 0 Å². The summed E-state index contributed by atoms with van der Waals surface area (Å²) in [7, 11) is 1.59. The molecule has 4 N–H and O–H groups in total. The molecule has 4 atom stereocenters. The van der Waals surface area contributed by atoms with Crippen LogP contribution in [0.2, 0.25) is 0 Å². The molecular formula is C32H49N5O6. The van der Waals surface area contributed by atoms with Crippen LogP contribution in [-0.2, 0) is 28.8 Å². The van der Waals surface area contributed by atoms with Crippen molar-refractivity contribution in [3.8, 4) is 0 Å². The summed E-state index contributed by atoms with van der Waals surface area (Å²) >= 11 is 0. The van der Waals surface area contributed by atoms with E-state index < -0.39 is 41.6 Å². The van der Waals surface area contributed by atoms with E-state index in [1.807, 2.05) is 6.92 Å². The van der Waals surface area contributed by atoms with Crippen LogP contribution in [-0.4, -0.2) is 78.0 Å². The van der Waals surface area contributed by atoms with Gasteiger partial charge in [-0.05, 0) is 82.5 Å². The molecule has 43 heavy (non-hydrogen) atoms. The summed E-state index contributed by atoms with van der Waals surface area (Å²) in [6, 6.07) is -2.80. The van der Waals surface area contributed by atoms with Gasteiger partial charge in [-0.3, -0.25) is 28.8 Å². The Morgan fingerprint density at radius 2 is 1.65 bits per heavy atom. The minimum Gasteiger partial charge on any atom is -0.356 e. The van der Waals surface area contributed by atoms with Gasteiger partial charge in [-0.25, -0.2) is 0 Å². The van der Waals surface area contributed by atoms with E-state index in [2.05, 4.69) is 21.3 Å². The number of piperidine rings is 1. The third-order valence-electron chi connectivity index (χ3n) is 10.6. The fourth-order valence-electron chi connectivity index (χ4n) is 7.53. The van der Waals surface area contributed by atoms with Crippen LogP contribution in [0.4, 0.5) is 0 Å². The monoisotopic (exact) mass is 599 g/mol. The van der Waals surface area contributed by atoms with Crippen molar-refractivity contribution in [2.75, 3.05) is 13.6 Å². The third kappa shape index (κ3) is 7.06. The van der Waals surface area contributed by atoms with Gasteiger partial charge in [0, 0.05) is 31.0 Å². The van der Waals surface area contributed by atoms with Crippen LogP contribution >= 0.6 is 0 Å². The fraction of sp³-hybridized carbons (Fsp3) is 0.812. The Balaban J connectivity index is 1.30. The Morgan fingerprint density at radius 1 is 0.953 bits per heavy atom. The largest absolute Gasteiger partial charge is 0.356 e. The second-order valence-electron chi connectivity index (χ2n) is 13.9. The molecule has 1 aliphatic heterocycles. The summed E-state index contributed by atoms with van der Waals surface area (Å²) in [5, 5.41) is 11.4. The summed E-state index contributed by atoms with van der Waals surface area (Å²) in [5.74, 6) is -2.42. The molecule has 238 valence electrons. The molecule has 6 rings (SSSR count). The lowest BCUT2D eigenvalue weighted by atomic mass is 9.44. The van der Waals surface area contributed by atoms with E-state index in [1.165, 1.54) is 4.90 Å². The van der Waals surface area contributed by atoms with Crippen LogP contribution in [0.5, 0.6) is 0 Å². The SMILES string of the molecule is CCC[C@@H](C(=O)N[C@@H](C[C@@H]1CCCNC1=O)C(=O)C(=O)NC1CC1)N(C)C(=O)[C@H](NC(=O)C12CC(C1)C2)C1CCCCC1. The first kappa shape index (κ1) is 31.4. The molecule has 0 aromatic carbocycles. The predicted molar refractivity (Wildman–Crippen MR) is 158 cm³/mol. The van der Waals surface area contributed by atoms with Crippen molar-refractivity contribution in [3.05, 3.63) is 0 Å². The second-order valence-corrected chi connectivity index (χ2v) is 13.9.